The molecule has 116 valence electrons. The number of carboxylic acids is 1. The molecular weight excluding hydrogens is 278 g/mol. The number of aliphatic hydroxyl groups is 1. The standard InChI is InChI=1S/C14H19NO6/c1-20-11-4-3-9(7-12(11)21-2)8-13(17)15-6-5-10(16)14(18)19/h3-4,7,10,16H,5-6,8H2,1-2H3,(H,15,17)(H,18,19)/t10-/m0/s1. The number of benzene rings is 1. The van der Waals surface area contributed by atoms with Gasteiger partial charge in [0, 0.05) is 13.0 Å². The Balaban J connectivity index is 2.49. The Bertz CT molecular complexity index is 502. The first-order valence-electron chi connectivity index (χ1n) is 6.36. The molecule has 0 unspecified atom stereocenters. The van der Waals surface area contributed by atoms with Crippen molar-refractivity contribution in [3.05, 3.63) is 23.8 Å². The zero-order chi connectivity index (χ0) is 15.8. The molecule has 7 heteroatoms. The molecule has 1 amide bonds. The van der Waals surface area contributed by atoms with Gasteiger partial charge < -0.3 is 25.0 Å². The lowest BCUT2D eigenvalue weighted by Gasteiger charge is -2.10. The quantitative estimate of drug-likeness (QED) is 0.633. The molecule has 21 heavy (non-hydrogen) atoms. The number of nitrogens with one attached hydrogen (secondary N) is 1. The van der Waals surface area contributed by atoms with E-state index in [2.05, 4.69) is 5.32 Å². The summed E-state index contributed by atoms with van der Waals surface area (Å²) in [5, 5.41) is 20.1. The number of carbonyl (C=O) groups is 2. The summed E-state index contributed by atoms with van der Waals surface area (Å²) in [5.41, 5.74) is 0.740. The van der Waals surface area contributed by atoms with E-state index in [0.29, 0.717) is 11.5 Å². The van der Waals surface area contributed by atoms with Gasteiger partial charge in [-0.2, -0.15) is 0 Å². The van der Waals surface area contributed by atoms with E-state index in [0.717, 1.165) is 5.56 Å². The van der Waals surface area contributed by atoms with Gasteiger partial charge in [0.05, 0.1) is 20.6 Å². The fraction of sp³-hybridized carbons (Fsp3) is 0.429. The van der Waals surface area contributed by atoms with Gasteiger partial charge in [0.25, 0.3) is 0 Å². The first-order chi connectivity index (χ1) is 9.97. The zero-order valence-corrected chi connectivity index (χ0v) is 12.0. The van der Waals surface area contributed by atoms with Crippen molar-refractivity contribution < 1.29 is 29.3 Å². The van der Waals surface area contributed by atoms with Crippen LogP contribution in [0.1, 0.15) is 12.0 Å². The number of methoxy groups -OCH3 is 2. The molecule has 0 radical (unpaired) electrons. The van der Waals surface area contributed by atoms with Gasteiger partial charge in [-0.3, -0.25) is 4.79 Å². The Morgan fingerprint density at radius 1 is 1.24 bits per heavy atom. The third-order valence-electron chi connectivity index (χ3n) is 2.84. The summed E-state index contributed by atoms with van der Waals surface area (Å²) < 4.78 is 10.2. The lowest BCUT2D eigenvalue weighted by Crippen LogP contribution is -2.30. The fourth-order valence-electron chi connectivity index (χ4n) is 1.71. The van der Waals surface area contributed by atoms with Crippen LogP contribution < -0.4 is 14.8 Å². The van der Waals surface area contributed by atoms with E-state index in [1.165, 1.54) is 14.2 Å². The first-order valence-corrected chi connectivity index (χ1v) is 6.36. The summed E-state index contributed by atoms with van der Waals surface area (Å²) >= 11 is 0. The summed E-state index contributed by atoms with van der Waals surface area (Å²) in [4.78, 5) is 22.1. The molecule has 0 heterocycles. The van der Waals surface area contributed by atoms with Gasteiger partial charge >= 0.3 is 5.97 Å². The molecule has 0 saturated heterocycles. The minimum Gasteiger partial charge on any atom is -0.493 e. The summed E-state index contributed by atoms with van der Waals surface area (Å²) in [6, 6.07) is 5.15. The van der Waals surface area contributed by atoms with Gasteiger partial charge in [0.2, 0.25) is 5.91 Å². The number of aliphatic carboxylic acids is 1. The predicted molar refractivity (Wildman–Crippen MR) is 74.5 cm³/mol. The van der Waals surface area contributed by atoms with Crippen LogP contribution in [0.2, 0.25) is 0 Å². The molecule has 1 rings (SSSR count). The molecule has 0 spiro atoms. The highest BCUT2D eigenvalue weighted by Gasteiger charge is 2.13. The van der Waals surface area contributed by atoms with Crippen molar-refractivity contribution in [2.75, 3.05) is 20.8 Å². The lowest BCUT2D eigenvalue weighted by molar-refractivity contribution is -0.147. The molecule has 1 aromatic carbocycles. The number of aliphatic hydroxyl groups excluding tert-OH is 1. The third kappa shape index (κ3) is 5.31. The van der Waals surface area contributed by atoms with E-state index < -0.39 is 12.1 Å². The Hall–Kier alpha value is -2.28. The van der Waals surface area contributed by atoms with Gasteiger partial charge in [-0.15, -0.1) is 0 Å². The van der Waals surface area contributed by atoms with Crippen LogP contribution in [0, 0.1) is 0 Å². The molecule has 1 atom stereocenters. The molecule has 3 N–H and O–H groups in total. The maximum atomic E-state index is 11.7. The molecular formula is C14H19NO6. The summed E-state index contributed by atoms with van der Waals surface area (Å²) in [6.45, 7) is 0.0968. The average Bonchev–Trinajstić information content (AvgIpc) is 2.46. The van der Waals surface area contributed by atoms with Crippen LogP contribution >= 0.6 is 0 Å². The van der Waals surface area contributed by atoms with Gasteiger partial charge in [-0.25, -0.2) is 4.79 Å². The van der Waals surface area contributed by atoms with Crippen LogP contribution in [0.4, 0.5) is 0 Å². The van der Waals surface area contributed by atoms with Crippen molar-refractivity contribution in [3.8, 4) is 11.5 Å². The van der Waals surface area contributed by atoms with E-state index >= 15 is 0 Å². The summed E-state index contributed by atoms with van der Waals surface area (Å²) in [5.74, 6) is -0.459. The second-order valence-corrected chi connectivity index (χ2v) is 4.36. The molecule has 0 aliphatic carbocycles. The maximum Gasteiger partial charge on any atom is 0.332 e. The monoisotopic (exact) mass is 297 g/mol. The van der Waals surface area contributed by atoms with E-state index in [4.69, 9.17) is 19.7 Å². The largest absolute Gasteiger partial charge is 0.493 e. The van der Waals surface area contributed by atoms with Crippen molar-refractivity contribution in [2.24, 2.45) is 0 Å². The minimum absolute atomic E-state index is 0.0347. The van der Waals surface area contributed by atoms with Crippen LogP contribution in [0.15, 0.2) is 18.2 Å². The van der Waals surface area contributed by atoms with Crippen molar-refractivity contribution in [1.82, 2.24) is 5.32 Å². The minimum atomic E-state index is -1.47. The second-order valence-electron chi connectivity index (χ2n) is 4.36. The van der Waals surface area contributed by atoms with Crippen molar-refractivity contribution in [1.29, 1.82) is 0 Å². The molecule has 7 nitrogen and oxygen atoms in total. The number of hydrogen-bond donors (Lipinski definition) is 3. The smallest absolute Gasteiger partial charge is 0.332 e. The SMILES string of the molecule is COc1ccc(CC(=O)NCC[C@H](O)C(=O)O)cc1OC. The third-order valence-corrected chi connectivity index (χ3v) is 2.84. The molecule has 1 aromatic rings. The van der Waals surface area contributed by atoms with E-state index in [1.807, 2.05) is 0 Å². The van der Waals surface area contributed by atoms with Crippen LogP contribution in [0.5, 0.6) is 11.5 Å². The molecule has 0 bridgehead atoms. The van der Waals surface area contributed by atoms with E-state index in [9.17, 15) is 9.59 Å². The topological polar surface area (TPSA) is 105 Å². The average molecular weight is 297 g/mol. The molecule has 0 aliphatic rings. The van der Waals surface area contributed by atoms with Crippen molar-refractivity contribution in [2.45, 2.75) is 18.9 Å². The highest BCUT2D eigenvalue weighted by molar-refractivity contribution is 5.79. The molecule has 0 aliphatic heterocycles. The number of hydrogen-bond acceptors (Lipinski definition) is 5. The van der Waals surface area contributed by atoms with Crippen LogP contribution in [0.3, 0.4) is 0 Å². The Morgan fingerprint density at radius 3 is 2.48 bits per heavy atom. The Morgan fingerprint density at radius 2 is 1.90 bits per heavy atom. The fourth-order valence-corrected chi connectivity index (χ4v) is 1.71. The van der Waals surface area contributed by atoms with E-state index in [1.54, 1.807) is 18.2 Å². The van der Waals surface area contributed by atoms with Gasteiger partial charge in [0.15, 0.2) is 17.6 Å². The lowest BCUT2D eigenvalue weighted by atomic mass is 10.1. The first kappa shape index (κ1) is 16.8. The number of carboxylic acid groups (broad SMARTS) is 1. The molecule has 0 aromatic heterocycles. The highest BCUT2D eigenvalue weighted by atomic mass is 16.5. The predicted octanol–water partition coefficient (Wildman–Crippen LogP) is 0.198. The molecule has 0 fully saturated rings. The number of carbonyl (C=O) groups excluding carboxylic acids is 1. The molecule has 0 saturated carbocycles. The van der Waals surface area contributed by atoms with Gasteiger partial charge in [-0.1, -0.05) is 6.07 Å². The second kappa shape index (κ2) is 8.11. The van der Waals surface area contributed by atoms with Gasteiger partial charge in [0.1, 0.15) is 0 Å². The van der Waals surface area contributed by atoms with Crippen molar-refractivity contribution in [3.63, 3.8) is 0 Å². The normalized spacial score (nSPS) is 11.6. The van der Waals surface area contributed by atoms with E-state index in [-0.39, 0.29) is 25.3 Å². The Labute approximate surface area is 122 Å². The number of amides is 1. The zero-order valence-electron chi connectivity index (χ0n) is 12.0. The van der Waals surface area contributed by atoms with Crippen LogP contribution in [-0.4, -0.2) is 49.0 Å². The summed E-state index contributed by atoms with van der Waals surface area (Å²) in [7, 11) is 3.03. The number of ether oxygens (including phenoxy) is 2. The van der Waals surface area contributed by atoms with Crippen molar-refractivity contribution >= 4 is 11.9 Å². The van der Waals surface area contributed by atoms with Crippen LogP contribution in [0.25, 0.3) is 0 Å². The van der Waals surface area contributed by atoms with Gasteiger partial charge in [-0.05, 0) is 17.7 Å². The highest BCUT2D eigenvalue weighted by Crippen LogP contribution is 2.27. The summed E-state index contributed by atoms with van der Waals surface area (Å²) in [6.07, 6.45) is -1.37. The number of rotatable bonds is 8. The van der Waals surface area contributed by atoms with Crippen LogP contribution in [-0.2, 0) is 16.0 Å². The Kier molecular flexibility index (Phi) is 6.48. The maximum absolute atomic E-state index is 11.7.